The van der Waals surface area contributed by atoms with E-state index in [4.69, 9.17) is 15.6 Å². The number of nitrogens with zero attached hydrogens (tertiary/aromatic N) is 4. The number of rotatable bonds is 7. The minimum atomic E-state index is 0.0256. The molecule has 0 bridgehead atoms. The average molecular weight is 282 g/mol. The van der Waals surface area contributed by atoms with Crippen LogP contribution in [0.2, 0.25) is 0 Å². The van der Waals surface area contributed by atoms with E-state index in [1.807, 2.05) is 0 Å². The molecule has 4 N–H and O–H groups in total. The van der Waals surface area contributed by atoms with Gasteiger partial charge in [0.1, 0.15) is 0 Å². The van der Waals surface area contributed by atoms with E-state index in [1.54, 1.807) is 0 Å². The Kier molecular flexibility index (Phi) is 5.75. The van der Waals surface area contributed by atoms with Crippen LogP contribution in [0.25, 0.3) is 0 Å². The maximum atomic E-state index is 8.60. The molecular formula is C12H22N6O2. The lowest BCUT2D eigenvalue weighted by molar-refractivity contribution is 0.0991. The fourth-order valence-corrected chi connectivity index (χ4v) is 2.10. The number of nitrogen functional groups attached to an aromatic ring is 1. The Labute approximate surface area is 118 Å². The van der Waals surface area contributed by atoms with Gasteiger partial charge < -0.3 is 25.8 Å². The van der Waals surface area contributed by atoms with Crippen LogP contribution in [0, 0.1) is 0 Å². The first-order valence-corrected chi connectivity index (χ1v) is 6.98. The summed E-state index contributed by atoms with van der Waals surface area (Å²) in [7, 11) is 0. The van der Waals surface area contributed by atoms with Crippen molar-refractivity contribution in [3.63, 3.8) is 0 Å². The van der Waals surface area contributed by atoms with Gasteiger partial charge in [0.15, 0.2) is 0 Å². The van der Waals surface area contributed by atoms with Crippen molar-refractivity contribution in [3.05, 3.63) is 0 Å². The molecule has 0 saturated carbocycles. The highest BCUT2D eigenvalue weighted by molar-refractivity contribution is 5.42. The van der Waals surface area contributed by atoms with Crippen molar-refractivity contribution in [3.8, 4) is 0 Å². The minimum absolute atomic E-state index is 0.0256. The zero-order valence-corrected chi connectivity index (χ0v) is 11.6. The predicted molar refractivity (Wildman–Crippen MR) is 76.7 cm³/mol. The second kappa shape index (κ2) is 7.81. The maximum absolute atomic E-state index is 8.60. The molecule has 0 radical (unpaired) electrons. The zero-order chi connectivity index (χ0) is 14.2. The van der Waals surface area contributed by atoms with Crippen molar-refractivity contribution in [1.29, 1.82) is 0 Å². The first-order chi connectivity index (χ1) is 9.79. The van der Waals surface area contributed by atoms with Gasteiger partial charge in [0.05, 0.1) is 19.8 Å². The molecular weight excluding hydrogens is 260 g/mol. The van der Waals surface area contributed by atoms with Gasteiger partial charge in [0.25, 0.3) is 0 Å². The number of piperidine rings is 1. The average Bonchev–Trinajstić information content (AvgIpc) is 2.47. The van der Waals surface area contributed by atoms with E-state index in [0.29, 0.717) is 31.7 Å². The van der Waals surface area contributed by atoms with E-state index < -0.39 is 0 Å². The van der Waals surface area contributed by atoms with Crippen LogP contribution in [-0.2, 0) is 4.74 Å². The summed E-state index contributed by atoms with van der Waals surface area (Å²) in [6, 6.07) is 0. The van der Waals surface area contributed by atoms with Gasteiger partial charge >= 0.3 is 0 Å². The molecule has 1 aliphatic rings. The maximum Gasteiger partial charge on any atom is 0.231 e. The molecule has 0 unspecified atom stereocenters. The summed E-state index contributed by atoms with van der Waals surface area (Å²) in [5.41, 5.74) is 5.72. The molecule has 1 aromatic rings. The van der Waals surface area contributed by atoms with E-state index in [1.165, 1.54) is 6.42 Å². The summed E-state index contributed by atoms with van der Waals surface area (Å²) in [5.74, 6) is 1.32. The molecule has 112 valence electrons. The molecule has 0 aromatic carbocycles. The highest BCUT2D eigenvalue weighted by atomic mass is 16.5. The summed E-state index contributed by atoms with van der Waals surface area (Å²) >= 11 is 0. The Balaban J connectivity index is 1.90. The summed E-state index contributed by atoms with van der Waals surface area (Å²) < 4.78 is 5.16. The molecule has 0 atom stereocenters. The summed E-state index contributed by atoms with van der Waals surface area (Å²) in [4.78, 5) is 14.8. The zero-order valence-electron chi connectivity index (χ0n) is 11.6. The lowest BCUT2D eigenvalue weighted by Gasteiger charge is -2.26. The lowest BCUT2D eigenvalue weighted by atomic mass is 10.1. The molecule has 1 aromatic heterocycles. The highest BCUT2D eigenvalue weighted by Gasteiger charge is 2.15. The van der Waals surface area contributed by atoms with Crippen LogP contribution in [-0.4, -0.2) is 59.5 Å². The van der Waals surface area contributed by atoms with Crippen molar-refractivity contribution in [2.45, 2.75) is 19.3 Å². The van der Waals surface area contributed by atoms with Gasteiger partial charge in [-0.2, -0.15) is 15.0 Å². The second-order valence-electron chi connectivity index (χ2n) is 4.63. The van der Waals surface area contributed by atoms with Gasteiger partial charge in [-0.15, -0.1) is 0 Å². The van der Waals surface area contributed by atoms with Crippen LogP contribution in [0.5, 0.6) is 0 Å². The van der Waals surface area contributed by atoms with Crippen molar-refractivity contribution in [2.75, 3.05) is 55.4 Å². The number of nitrogens with two attached hydrogens (primary N) is 1. The Morgan fingerprint density at radius 2 is 1.95 bits per heavy atom. The van der Waals surface area contributed by atoms with Gasteiger partial charge in [0, 0.05) is 19.6 Å². The first-order valence-electron chi connectivity index (χ1n) is 6.98. The van der Waals surface area contributed by atoms with Crippen molar-refractivity contribution < 1.29 is 9.84 Å². The van der Waals surface area contributed by atoms with Crippen molar-refractivity contribution >= 4 is 17.8 Å². The first kappa shape index (κ1) is 14.7. The van der Waals surface area contributed by atoms with Crippen LogP contribution in [0.15, 0.2) is 0 Å². The van der Waals surface area contributed by atoms with Crippen LogP contribution in [0.1, 0.15) is 19.3 Å². The molecule has 1 fully saturated rings. The molecule has 0 spiro atoms. The Morgan fingerprint density at radius 1 is 1.15 bits per heavy atom. The summed E-state index contributed by atoms with van der Waals surface area (Å²) in [5, 5.41) is 11.6. The molecule has 0 amide bonds. The fourth-order valence-electron chi connectivity index (χ4n) is 2.10. The molecule has 8 heteroatoms. The van der Waals surface area contributed by atoms with Crippen LogP contribution in [0.3, 0.4) is 0 Å². The number of nitrogens with one attached hydrogen (secondary N) is 1. The monoisotopic (exact) mass is 282 g/mol. The molecule has 1 aliphatic heterocycles. The van der Waals surface area contributed by atoms with Crippen LogP contribution < -0.4 is 16.0 Å². The summed E-state index contributed by atoms with van der Waals surface area (Å²) in [6.07, 6.45) is 3.57. The van der Waals surface area contributed by atoms with Crippen LogP contribution in [0.4, 0.5) is 17.8 Å². The fraction of sp³-hybridized carbons (Fsp3) is 0.750. The van der Waals surface area contributed by atoms with Gasteiger partial charge in [-0.05, 0) is 19.3 Å². The van der Waals surface area contributed by atoms with Crippen molar-refractivity contribution in [2.24, 2.45) is 0 Å². The van der Waals surface area contributed by atoms with E-state index >= 15 is 0 Å². The SMILES string of the molecule is Nc1nc(NCCOCCO)nc(N2CCCCC2)n1. The summed E-state index contributed by atoms with van der Waals surface area (Å²) in [6.45, 7) is 3.32. The largest absolute Gasteiger partial charge is 0.394 e. The number of hydrogen-bond acceptors (Lipinski definition) is 8. The van der Waals surface area contributed by atoms with Gasteiger partial charge in [-0.25, -0.2) is 0 Å². The number of aliphatic hydroxyl groups excluding tert-OH is 1. The smallest absolute Gasteiger partial charge is 0.231 e. The normalized spacial score (nSPS) is 15.3. The van der Waals surface area contributed by atoms with E-state index in [2.05, 4.69) is 25.2 Å². The van der Waals surface area contributed by atoms with E-state index in [0.717, 1.165) is 25.9 Å². The molecule has 2 heterocycles. The Bertz CT molecular complexity index is 411. The van der Waals surface area contributed by atoms with Gasteiger partial charge in [0.2, 0.25) is 17.8 Å². The number of anilines is 3. The Morgan fingerprint density at radius 3 is 2.70 bits per heavy atom. The standard InChI is InChI=1S/C12H22N6O2/c13-10-15-11(14-4-8-20-9-7-19)17-12(16-10)18-5-2-1-3-6-18/h19H,1-9H2,(H3,13,14,15,16,17). The van der Waals surface area contributed by atoms with Crippen LogP contribution >= 0.6 is 0 Å². The third kappa shape index (κ3) is 4.46. The third-order valence-electron chi connectivity index (χ3n) is 3.04. The van der Waals surface area contributed by atoms with E-state index in [-0.39, 0.29) is 12.6 Å². The van der Waals surface area contributed by atoms with Gasteiger partial charge in [-0.1, -0.05) is 0 Å². The second-order valence-corrected chi connectivity index (χ2v) is 4.63. The molecule has 8 nitrogen and oxygen atoms in total. The number of aromatic nitrogens is 3. The molecule has 0 aliphatic carbocycles. The number of ether oxygens (including phenoxy) is 1. The van der Waals surface area contributed by atoms with Crippen molar-refractivity contribution in [1.82, 2.24) is 15.0 Å². The molecule has 20 heavy (non-hydrogen) atoms. The quantitative estimate of drug-likeness (QED) is 0.593. The number of aliphatic hydroxyl groups is 1. The van der Waals surface area contributed by atoms with Gasteiger partial charge in [-0.3, -0.25) is 0 Å². The molecule has 2 rings (SSSR count). The third-order valence-corrected chi connectivity index (χ3v) is 3.04. The predicted octanol–water partition coefficient (Wildman–Crippen LogP) is -0.135. The minimum Gasteiger partial charge on any atom is -0.394 e. The highest BCUT2D eigenvalue weighted by Crippen LogP contribution is 2.17. The van der Waals surface area contributed by atoms with E-state index in [9.17, 15) is 0 Å². The number of hydrogen-bond donors (Lipinski definition) is 3. The Hall–Kier alpha value is -1.67. The topological polar surface area (TPSA) is 109 Å². The molecule has 1 saturated heterocycles. The lowest BCUT2D eigenvalue weighted by Crippen LogP contribution is -2.31.